The number of nitrogens with two attached hydrogens (primary N) is 1. The van der Waals surface area contributed by atoms with E-state index in [2.05, 4.69) is 5.32 Å². The zero-order valence-electron chi connectivity index (χ0n) is 7.60. The third-order valence-electron chi connectivity index (χ3n) is 1.57. The van der Waals surface area contributed by atoms with Crippen LogP contribution in [0.25, 0.3) is 0 Å². The number of hydrogen-bond donors (Lipinski definition) is 2. The van der Waals surface area contributed by atoms with Crippen LogP contribution in [0.4, 0.5) is 5.69 Å². The van der Waals surface area contributed by atoms with Gasteiger partial charge in [-0.25, -0.2) is 13.6 Å². The van der Waals surface area contributed by atoms with Crippen molar-refractivity contribution in [3.63, 3.8) is 0 Å². The number of sulfonamides is 1. The molecule has 0 heterocycles. The number of rotatable bonds is 2. The predicted molar refractivity (Wildman–Crippen MR) is 55.3 cm³/mol. The Balaban J connectivity index is 2.92. The lowest BCUT2D eigenvalue weighted by Gasteiger charge is -2.02. The van der Waals surface area contributed by atoms with E-state index in [0.29, 0.717) is 5.69 Å². The smallest absolute Gasteiger partial charge is 0.300 e. The molecule has 78 valence electrons. The maximum Gasteiger partial charge on any atom is 0.300 e. The Morgan fingerprint density at radius 3 is 2.27 bits per heavy atom. The quantitative estimate of drug-likeness (QED) is 0.688. The molecule has 1 amide bonds. The van der Waals surface area contributed by atoms with Crippen LogP contribution in [-0.2, 0) is 14.8 Å². The Hall–Kier alpha value is -1.84. The summed E-state index contributed by atoms with van der Waals surface area (Å²) < 4.78 is 21.8. The van der Waals surface area contributed by atoms with Gasteiger partial charge in [0.05, 0.1) is 4.90 Å². The van der Waals surface area contributed by atoms with Gasteiger partial charge < -0.3 is 5.32 Å². The Morgan fingerprint density at radius 1 is 1.33 bits per heavy atom. The first kappa shape index (κ1) is 11.2. The third-order valence-corrected chi connectivity index (χ3v) is 2.50. The van der Waals surface area contributed by atoms with Gasteiger partial charge >= 0.3 is 0 Å². The standard InChI is InChI=1S/C9H8N2O3S/c1-2-9(12)11-7-3-5-8(6-4-7)15(10,13)14/h1,3-6H,(H,11,12)(H2,10,13,14). The van der Waals surface area contributed by atoms with Crippen LogP contribution in [0.2, 0.25) is 0 Å². The van der Waals surface area contributed by atoms with Crippen LogP contribution >= 0.6 is 0 Å². The first-order valence-corrected chi connectivity index (χ1v) is 5.38. The molecular weight excluding hydrogens is 216 g/mol. The zero-order chi connectivity index (χ0) is 11.5. The highest BCUT2D eigenvalue weighted by Crippen LogP contribution is 2.12. The monoisotopic (exact) mass is 224 g/mol. The van der Waals surface area contributed by atoms with Gasteiger partial charge in [-0.2, -0.15) is 0 Å². The van der Waals surface area contributed by atoms with E-state index in [-0.39, 0.29) is 4.90 Å². The van der Waals surface area contributed by atoms with E-state index in [4.69, 9.17) is 11.6 Å². The summed E-state index contributed by atoms with van der Waals surface area (Å²) in [6, 6.07) is 5.35. The average molecular weight is 224 g/mol. The molecule has 3 N–H and O–H groups in total. The number of amides is 1. The Morgan fingerprint density at radius 2 is 1.87 bits per heavy atom. The minimum Gasteiger partial charge on any atom is -0.315 e. The summed E-state index contributed by atoms with van der Waals surface area (Å²) in [5, 5.41) is 7.25. The van der Waals surface area contributed by atoms with Crippen LogP contribution in [0.3, 0.4) is 0 Å². The molecule has 0 aromatic heterocycles. The summed E-state index contributed by atoms with van der Waals surface area (Å²) in [6.07, 6.45) is 4.84. The van der Waals surface area contributed by atoms with Crippen LogP contribution in [0.1, 0.15) is 0 Å². The molecule has 0 aliphatic rings. The van der Waals surface area contributed by atoms with Gasteiger partial charge in [-0.05, 0) is 30.2 Å². The van der Waals surface area contributed by atoms with Crippen molar-refractivity contribution >= 4 is 21.6 Å². The second kappa shape index (κ2) is 4.13. The number of primary sulfonamides is 1. The molecule has 0 aliphatic carbocycles. The first-order chi connectivity index (χ1) is 6.93. The molecule has 1 aromatic rings. The van der Waals surface area contributed by atoms with Crippen molar-refractivity contribution in [1.82, 2.24) is 0 Å². The average Bonchev–Trinajstić information content (AvgIpc) is 2.17. The topological polar surface area (TPSA) is 89.3 Å². The lowest BCUT2D eigenvalue weighted by Crippen LogP contribution is -2.12. The van der Waals surface area contributed by atoms with Gasteiger partial charge in [-0.1, -0.05) is 0 Å². The molecule has 5 nitrogen and oxygen atoms in total. The minimum absolute atomic E-state index is 0.0267. The molecule has 1 aromatic carbocycles. The highest BCUT2D eigenvalue weighted by Gasteiger charge is 2.06. The van der Waals surface area contributed by atoms with Gasteiger partial charge in [0, 0.05) is 5.69 Å². The molecule has 0 saturated carbocycles. The second-order valence-electron chi connectivity index (χ2n) is 2.67. The molecule has 1 rings (SSSR count). The Bertz CT molecular complexity index is 511. The highest BCUT2D eigenvalue weighted by atomic mass is 32.2. The summed E-state index contributed by atoms with van der Waals surface area (Å²) in [7, 11) is -3.71. The molecule has 0 aliphatic heterocycles. The van der Waals surface area contributed by atoms with E-state index >= 15 is 0 Å². The van der Waals surface area contributed by atoms with Crippen molar-refractivity contribution in [3.8, 4) is 12.3 Å². The van der Waals surface area contributed by atoms with Crippen LogP contribution in [0, 0.1) is 12.3 Å². The normalized spacial score (nSPS) is 10.4. The fraction of sp³-hybridized carbons (Fsp3) is 0. The van der Waals surface area contributed by atoms with Crippen molar-refractivity contribution in [3.05, 3.63) is 24.3 Å². The van der Waals surface area contributed by atoms with E-state index in [0.717, 1.165) is 0 Å². The lowest BCUT2D eigenvalue weighted by atomic mass is 10.3. The molecule has 0 bridgehead atoms. The molecule has 0 spiro atoms. The summed E-state index contributed by atoms with van der Waals surface area (Å²) in [4.78, 5) is 10.7. The molecule has 15 heavy (non-hydrogen) atoms. The van der Waals surface area contributed by atoms with E-state index in [9.17, 15) is 13.2 Å². The molecule has 0 atom stereocenters. The molecule has 6 heteroatoms. The van der Waals surface area contributed by atoms with E-state index in [1.54, 1.807) is 0 Å². The first-order valence-electron chi connectivity index (χ1n) is 3.84. The van der Waals surface area contributed by atoms with Gasteiger partial charge in [0.15, 0.2) is 0 Å². The van der Waals surface area contributed by atoms with Crippen LogP contribution in [-0.4, -0.2) is 14.3 Å². The number of terminal acetylenes is 1. The van der Waals surface area contributed by atoms with Crippen molar-refractivity contribution in [2.75, 3.05) is 5.32 Å². The number of carbonyl (C=O) groups excluding carboxylic acids is 1. The van der Waals surface area contributed by atoms with E-state index < -0.39 is 15.9 Å². The van der Waals surface area contributed by atoms with Crippen molar-refractivity contribution in [2.24, 2.45) is 5.14 Å². The van der Waals surface area contributed by atoms with Crippen LogP contribution < -0.4 is 10.5 Å². The molecule has 0 radical (unpaired) electrons. The second-order valence-corrected chi connectivity index (χ2v) is 4.23. The van der Waals surface area contributed by atoms with Gasteiger partial charge in [0.2, 0.25) is 10.0 Å². The predicted octanol–water partition coefficient (Wildman–Crippen LogP) is -0.0943. The lowest BCUT2D eigenvalue weighted by molar-refractivity contribution is -0.111. The number of carbonyl (C=O) groups is 1. The number of nitrogens with one attached hydrogen (secondary N) is 1. The molecule has 0 fully saturated rings. The van der Waals surface area contributed by atoms with Crippen LogP contribution in [0.15, 0.2) is 29.2 Å². The summed E-state index contributed by atoms with van der Waals surface area (Å²) >= 11 is 0. The van der Waals surface area contributed by atoms with Crippen molar-refractivity contribution in [2.45, 2.75) is 4.90 Å². The Kier molecular flexibility index (Phi) is 3.09. The molecule has 0 saturated heterocycles. The largest absolute Gasteiger partial charge is 0.315 e. The Labute approximate surface area is 87.3 Å². The van der Waals surface area contributed by atoms with Gasteiger partial charge in [0.25, 0.3) is 5.91 Å². The third kappa shape index (κ3) is 3.09. The minimum atomic E-state index is -3.71. The molecule has 0 unspecified atom stereocenters. The van der Waals surface area contributed by atoms with Gasteiger partial charge in [-0.15, -0.1) is 6.42 Å². The van der Waals surface area contributed by atoms with Crippen molar-refractivity contribution < 1.29 is 13.2 Å². The van der Waals surface area contributed by atoms with Crippen molar-refractivity contribution in [1.29, 1.82) is 0 Å². The van der Waals surface area contributed by atoms with E-state index in [1.807, 2.05) is 5.92 Å². The summed E-state index contributed by atoms with van der Waals surface area (Å²) in [5.41, 5.74) is 0.408. The summed E-state index contributed by atoms with van der Waals surface area (Å²) in [6.45, 7) is 0. The van der Waals surface area contributed by atoms with Gasteiger partial charge in [-0.3, -0.25) is 4.79 Å². The SMILES string of the molecule is C#CC(=O)Nc1ccc(S(N)(=O)=O)cc1. The maximum absolute atomic E-state index is 10.9. The van der Waals surface area contributed by atoms with Gasteiger partial charge in [0.1, 0.15) is 0 Å². The number of benzene rings is 1. The number of anilines is 1. The highest BCUT2D eigenvalue weighted by molar-refractivity contribution is 7.89. The fourth-order valence-electron chi connectivity index (χ4n) is 0.895. The number of hydrogen-bond acceptors (Lipinski definition) is 3. The maximum atomic E-state index is 10.9. The molecular formula is C9H8N2O3S. The van der Waals surface area contributed by atoms with Crippen LogP contribution in [0.5, 0.6) is 0 Å². The zero-order valence-corrected chi connectivity index (χ0v) is 8.41. The fourth-order valence-corrected chi connectivity index (χ4v) is 1.41. The summed E-state index contributed by atoms with van der Waals surface area (Å²) in [5.74, 6) is 1.27. The van der Waals surface area contributed by atoms with E-state index in [1.165, 1.54) is 24.3 Å².